The molecule has 0 aliphatic rings. The van der Waals surface area contributed by atoms with Crippen LogP contribution in [0.5, 0.6) is 0 Å². The standard InChI is InChI=1S/C11H8F3N9O/c1-22-10(18-19-21-22)17-9(24)6-2-3-7(11(12,13)14)16-8(6)23-5-4-15-20-23/h2-5H,1H3,(H,17,18,21,24). The molecule has 0 unspecified atom stereocenters. The number of nitrogens with one attached hydrogen (secondary N) is 1. The fraction of sp³-hybridized carbons (Fsp3) is 0.182. The fourth-order valence-corrected chi connectivity index (χ4v) is 1.78. The lowest BCUT2D eigenvalue weighted by Crippen LogP contribution is -2.20. The van der Waals surface area contributed by atoms with E-state index in [2.05, 4.69) is 36.1 Å². The van der Waals surface area contributed by atoms with Gasteiger partial charge < -0.3 is 0 Å². The third kappa shape index (κ3) is 2.90. The first kappa shape index (κ1) is 15.5. The van der Waals surface area contributed by atoms with E-state index in [0.29, 0.717) is 6.07 Å². The van der Waals surface area contributed by atoms with Crippen molar-refractivity contribution in [3.05, 3.63) is 35.8 Å². The predicted molar refractivity (Wildman–Crippen MR) is 70.9 cm³/mol. The molecule has 0 spiro atoms. The van der Waals surface area contributed by atoms with E-state index in [0.717, 1.165) is 10.7 Å². The van der Waals surface area contributed by atoms with Gasteiger partial charge in [0.15, 0.2) is 5.82 Å². The molecule has 124 valence electrons. The van der Waals surface area contributed by atoms with Gasteiger partial charge in [-0.1, -0.05) is 10.3 Å². The number of pyridine rings is 1. The first-order valence-corrected chi connectivity index (χ1v) is 6.35. The second-order valence-electron chi connectivity index (χ2n) is 4.49. The lowest BCUT2D eigenvalue weighted by molar-refractivity contribution is -0.141. The van der Waals surface area contributed by atoms with Gasteiger partial charge in [-0.2, -0.15) is 13.2 Å². The number of carbonyl (C=O) groups excluding carboxylic acids is 1. The Bertz CT molecular complexity index is 871. The smallest absolute Gasteiger partial charge is 0.289 e. The predicted octanol–water partition coefficient (Wildman–Crippen LogP) is 0.457. The van der Waals surface area contributed by atoms with Crippen molar-refractivity contribution in [2.75, 3.05) is 5.32 Å². The number of halogens is 3. The molecule has 0 saturated carbocycles. The van der Waals surface area contributed by atoms with Crippen molar-refractivity contribution in [2.24, 2.45) is 7.05 Å². The molecule has 24 heavy (non-hydrogen) atoms. The summed E-state index contributed by atoms with van der Waals surface area (Å²) in [5.74, 6) is -1.06. The minimum atomic E-state index is -4.67. The molecule has 3 aromatic rings. The maximum Gasteiger partial charge on any atom is 0.433 e. The van der Waals surface area contributed by atoms with E-state index in [-0.39, 0.29) is 17.3 Å². The normalized spacial score (nSPS) is 11.5. The van der Waals surface area contributed by atoms with Gasteiger partial charge in [-0.25, -0.2) is 14.3 Å². The molecule has 13 heteroatoms. The van der Waals surface area contributed by atoms with Gasteiger partial charge in [0.1, 0.15) is 5.69 Å². The monoisotopic (exact) mass is 339 g/mol. The van der Waals surface area contributed by atoms with E-state index in [4.69, 9.17) is 0 Å². The number of aromatic nitrogens is 8. The summed E-state index contributed by atoms with van der Waals surface area (Å²) in [6.45, 7) is 0. The van der Waals surface area contributed by atoms with Crippen molar-refractivity contribution in [3.8, 4) is 5.82 Å². The van der Waals surface area contributed by atoms with E-state index in [9.17, 15) is 18.0 Å². The molecule has 0 saturated heterocycles. The van der Waals surface area contributed by atoms with Crippen LogP contribution in [0.1, 0.15) is 16.1 Å². The summed E-state index contributed by atoms with van der Waals surface area (Å²) in [6, 6.07) is 1.69. The van der Waals surface area contributed by atoms with Crippen molar-refractivity contribution in [1.29, 1.82) is 0 Å². The highest BCUT2D eigenvalue weighted by atomic mass is 19.4. The van der Waals surface area contributed by atoms with Crippen LogP contribution in [0.3, 0.4) is 0 Å². The third-order valence-corrected chi connectivity index (χ3v) is 2.90. The van der Waals surface area contributed by atoms with Crippen LogP contribution in [0.25, 0.3) is 5.82 Å². The van der Waals surface area contributed by atoms with Crippen LogP contribution in [-0.2, 0) is 13.2 Å². The van der Waals surface area contributed by atoms with E-state index in [1.807, 2.05) is 0 Å². The number of nitrogens with zero attached hydrogens (tertiary/aromatic N) is 8. The summed E-state index contributed by atoms with van der Waals surface area (Å²) in [5, 5.41) is 19.9. The van der Waals surface area contributed by atoms with E-state index in [1.165, 1.54) is 24.1 Å². The Kier molecular flexibility index (Phi) is 3.67. The van der Waals surface area contributed by atoms with Crippen LogP contribution < -0.4 is 5.32 Å². The highest BCUT2D eigenvalue weighted by molar-refractivity contribution is 6.05. The summed E-state index contributed by atoms with van der Waals surface area (Å²) in [7, 11) is 1.49. The number of alkyl halides is 3. The van der Waals surface area contributed by atoms with Gasteiger partial charge >= 0.3 is 6.18 Å². The van der Waals surface area contributed by atoms with Gasteiger partial charge in [-0.3, -0.25) is 10.1 Å². The molecule has 0 bridgehead atoms. The fourth-order valence-electron chi connectivity index (χ4n) is 1.78. The molecule has 10 nitrogen and oxygen atoms in total. The summed E-state index contributed by atoms with van der Waals surface area (Å²) < 4.78 is 40.7. The lowest BCUT2D eigenvalue weighted by Gasteiger charge is -2.11. The summed E-state index contributed by atoms with van der Waals surface area (Å²) in [5.41, 5.74) is -1.32. The number of hydrogen-bond acceptors (Lipinski definition) is 7. The Morgan fingerprint density at radius 2 is 2.04 bits per heavy atom. The minimum Gasteiger partial charge on any atom is -0.289 e. The van der Waals surface area contributed by atoms with Crippen molar-refractivity contribution >= 4 is 11.9 Å². The maximum absolute atomic E-state index is 12.9. The lowest BCUT2D eigenvalue weighted by atomic mass is 10.2. The molecule has 0 aliphatic carbocycles. The van der Waals surface area contributed by atoms with Crippen LogP contribution in [0.2, 0.25) is 0 Å². The summed E-state index contributed by atoms with van der Waals surface area (Å²) >= 11 is 0. The molecule has 0 aliphatic heterocycles. The molecule has 0 radical (unpaired) electrons. The van der Waals surface area contributed by atoms with Crippen molar-refractivity contribution in [3.63, 3.8) is 0 Å². The minimum absolute atomic E-state index is 0.0180. The molecule has 3 rings (SSSR count). The molecular weight excluding hydrogens is 331 g/mol. The Morgan fingerprint density at radius 3 is 2.62 bits per heavy atom. The van der Waals surface area contributed by atoms with Crippen LogP contribution in [0, 0.1) is 0 Å². The average molecular weight is 339 g/mol. The van der Waals surface area contributed by atoms with Gasteiger partial charge in [0.05, 0.1) is 18.0 Å². The summed E-state index contributed by atoms with van der Waals surface area (Å²) in [4.78, 5) is 15.8. The van der Waals surface area contributed by atoms with Crippen LogP contribution in [0.15, 0.2) is 24.5 Å². The Balaban J connectivity index is 2.03. The van der Waals surface area contributed by atoms with Crippen LogP contribution in [0.4, 0.5) is 19.1 Å². The third-order valence-electron chi connectivity index (χ3n) is 2.90. The van der Waals surface area contributed by atoms with E-state index < -0.39 is 17.8 Å². The topological polar surface area (TPSA) is 116 Å². The number of aryl methyl sites for hydroxylation is 1. The zero-order valence-electron chi connectivity index (χ0n) is 11.9. The summed E-state index contributed by atoms with van der Waals surface area (Å²) in [6.07, 6.45) is -2.16. The Labute approximate surface area is 131 Å². The molecule has 0 fully saturated rings. The highest BCUT2D eigenvalue weighted by Crippen LogP contribution is 2.29. The van der Waals surface area contributed by atoms with Gasteiger partial charge in [-0.05, 0) is 22.6 Å². The molecule has 3 heterocycles. The molecular formula is C11H8F3N9O. The highest BCUT2D eigenvalue weighted by Gasteiger charge is 2.34. The van der Waals surface area contributed by atoms with E-state index >= 15 is 0 Å². The van der Waals surface area contributed by atoms with Gasteiger partial charge in [0.25, 0.3) is 5.91 Å². The second kappa shape index (κ2) is 5.68. The number of hydrogen-bond donors (Lipinski definition) is 1. The Morgan fingerprint density at radius 1 is 1.25 bits per heavy atom. The number of amides is 1. The molecule has 1 amide bonds. The zero-order chi connectivity index (χ0) is 17.3. The first-order chi connectivity index (χ1) is 11.4. The molecule has 0 atom stereocenters. The number of rotatable bonds is 3. The van der Waals surface area contributed by atoms with Crippen LogP contribution in [-0.4, -0.2) is 46.1 Å². The second-order valence-corrected chi connectivity index (χ2v) is 4.49. The van der Waals surface area contributed by atoms with Gasteiger partial charge in [0, 0.05) is 7.05 Å². The molecule has 3 aromatic heterocycles. The maximum atomic E-state index is 12.9. The molecule has 0 aromatic carbocycles. The van der Waals surface area contributed by atoms with Crippen molar-refractivity contribution in [1.82, 2.24) is 40.2 Å². The quantitative estimate of drug-likeness (QED) is 0.736. The van der Waals surface area contributed by atoms with Crippen molar-refractivity contribution < 1.29 is 18.0 Å². The first-order valence-electron chi connectivity index (χ1n) is 6.35. The zero-order valence-corrected chi connectivity index (χ0v) is 11.9. The van der Waals surface area contributed by atoms with Crippen molar-refractivity contribution in [2.45, 2.75) is 6.18 Å². The van der Waals surface area contributed by atoms with Gasteiger partial charge in [0.2, 0.25) is 5.95 Å². The Hall–Kier alpha value is -3.38. The average Bonchev–Trinajstić information content (AvgIpc) is 3.18. The largest absolute Gasteiger partial charge is 0.433 e. The number of anilines is 1. The number of tetrazole rings is 1. The number of carbonyl (C=O) groups is 1. The van der Waals surface area contributed by atoms with E-state index in [1.54, 1.807) is 0 Å². The van der Waals surface area contributed by atoms with Crippen LogP contribution >= 0.6 is 0 Å². The molecule has 1 N–H and O–H groups in total. The SMILES string of the molecule is Cn1nnnc1NC(=O)c1ccc(C(F)(F)F)nc1-n1ccnn1. The van der Waals surface area contributed by atoms with Gasteiger partial charge in [-0.15, -0.1) is 5.10 Å².